The Morgan fingerprint density at radius 2 is 2.12 bits per heavy atom. The van der Waals surface area contributed by atoms with Gasteiger partial charge in [0.2, 0.25) is 0 Å². The van der Waals surface area contributed by atoms with Crippen molar-refractivity contribution >= 4 is 27.5 Å². The van der Waals surface area contributed by atoms with Crippen molar-refractivity contribution in [3.05, 3.63) is 33.3 Å². The number of halogens is 2. The van der Waals surface area contributed by atoms with Gasteiger partial charge in [-0.3, -0.25) is 0 Å². The van der Waals surface area contributed by atoms with Crippen LogP contribution < -0.4 is 5.32 Å². The molecule has 0 saturated heterocycles. The molecule has 0 aromatic heterocycles. The zero-order valence-electron chi connectivity index (χ0n) is 9.76. The molecule has 0 aliphatic carbocycles. The maximum atomic E-state index is 5.96. The molecular formula is C12H17BrClNO. The van der Waals surface area contributed by atoms with E-state index < -0.39 is 0 Å². The van der Waals surface area contributed by atoms with Crippen molar-refractivity contribution in [3.8, 4) is 0 Å². The van der Waals surface area contributed by atoms with E-state index in [1.165, 1.54) is 5.56 Å². The first kappa shape index (κ1) is 14.0. The highest BCUT2D eigenvalue weighted by molar-refractivity contribution is 9.10. The van der Waals surface area contributed by atoms with Gasteiger partial charge in [-0.2, -0.15) is 0 Å². The summed E-state index contributed by atoms with van der Waals surface area (Å²) in [5.41, 5.74) is 1.17. The third kappa shape index (κ3) is 4.06. The Bertz CT molecular complexity index is 344. The summed E-state index contributed by atoms with van der Waals surface area (Å²) in [4.78, 5) is 0. The summed E-state index contributed by atoms with van der Waals surface area (Å²) in [7, 11) is 1.93. The molecule has 1 aromatic carbocycles. The first-order valence-corrected chi connectivity index (χ1v) is 6.45. The van der Waals surface area contributed by atoms with Crippen molar-refractivity contribution in [2.45, 2.75) is 26.0 Å². The SMILES string of the molecule is CNC(COC(C)C)c1ccc(Cl)c(Br)c1. The molecule has 0 fully saturated rings. The van der Waals surface area contributed by atoms with Gasteiger partial charge >= 0.3 is 0 Å². The molecule has 1 unspecified atom stereocenters. The second-order valence-electron chi connectivity index (χ2n) is 3.90. The highest BCUT2D eigenvalue weighted by atomic mass is 79.9. The van der Waals surface area contributed by atoms with Crippen molar-refractivity contribution < 1.29 is 4.74 Å². The number of nitrogens with one attached hydrogen (secondary N) is 1. The molecule has 1 rings (SSSR count). The fourth-order valence-electron chi connectivity index (χ4n) is 1.36. The Balaban J connectivity index is 2.74. The normalized spacial score (nSPS) is 13.1. The maximum absolute atomic E-state index is 5.96. The number of hydrogen-bond donors (Lipinski definition) is 1. The van der Waals surface area contributed by atoms with Crippen LogP contribution in [0.25, 0.3) is 0 Å². The van der Waals surface area contributed by atoms with Crippen LogP contribution in [0.3, 0.4) is 0 Å². The lowest BCUT2D eigenvalue weighted by Crippen LogP contribution is -2.23. The standard InChI is InChI=1S/C12H17BrClNO/c1-8(2)16-7-12(15-3)9-4-5-11(14)10(13)6-9/h4-6,8,12,15H,7H2,1-3H3. The van der Waals surface area contributed by atoms with Crippen LogP contribution in [-0.4, -0.2) is 19.8 Å². The average Bonchev–Trinajstić information content (AvgIpc) is 2.23. The van der Waals surface area contributed by atoms with Gasteiger partial charge in [-0.25, -0.2) is 0 Å². The van der Waals surface area contributed by atoms with Crippen LogP contribution in [0.1, 0.15) is 25.5 Å². The van der Waals surface area contributed by atoms with Crippen LogP contribution in [0, 0.1) is 0 Å². The largest absolute Gasteiger partial charge is 0.377 e. The van der Waals surface area contributed by atoms with Gasteiger partial charge < -0.3 is 10.1 Å². The third-order valence-electron chi connectivity index (χ3n) is 2.29. The van der Waals surface area contributed by atoms with E-state index in [-0.39, 0.29) is 12.1 Å². The van der Waals surface area contributed by atoms with Crippen LogP contribution in [0.5, 0.6) is 0 Å². The fraction of sp³-hybridized carbons (Fsp3) is 0.500. The minimum Gasteiger partial charge on any atom is -0.377 e. The van der Waals surface area contributed by atoms with E-state index in [2.05, 4.69) is 21.2 Å². The van der Waals surface area contributed by atoms with Gasteiger partial charge in [0.1, 0.15) is 0 Å². The summed E-state index contributed by atoms with van der Waals surface area (Å²) in [6.07, 6.45) is 0.242. The summed E-state index contributed by atoms with van der Waals surface area (Å²) in [6, 6.07) is 6.11. The van der Waals surface area contributed by atoms with E-state index in [1.807, 2.05) is 39.1 Å². The van der Waals surface area contributed by atoms with E-state index >= 15 is 0 Å². The first-order chi connectivity index (χ1) is 7.54. The molecule has 0 aliphatic heterocycles. The first-order valence-electron chi connectivity index (χ1n) is 5.28. The Labute approximate surface area is 110 Å². The van der Waals surface area contributed by atoms with Crippen LogP contribution in [-0.2, 0) is 4.74 Å². The molecular weight excluding hydrogens is 289 g/mol. The highest BCUT2D eigenvalue weighted by Crippen LogP contribution is 2.26. The van der Waals surface area contributed by atoms with Crippen molar-refractivity contribution in [2.75, 3.05) is 13.7 Å². The molecule has 1 aromatic rings. The van der Waals surface area contributed by atoms with Gasteiger partial charge in [0.25, 0.3) is 0 Å². The Morgan fingerprint density at radius 3 is 2.62 bits per heavy atom. The summed E-state index contributed by atoms with van der Waals surface area (Å²) in [6.45, 7) is 4.72. The van der Waals surface area contributed by atoms with Crippen LogP contribution in [0.2, 0.25) is 5.02 Å². The molecule has 0 spiro atoms. The summed E-state index contributed by atoms with van der Waals surface area (Å²) >= 11 is 9.38. The topological polar surface area (TPSA) is 21.3 Å². The Kier molecular flexibility index (Phi) is 5.76. The fourth-order valence-corrected chi connectivity index (χ4v) is 1.88. The van der Waals surface area contributed by atoms with Gasteiger partial charge in [0, 0.05) is 4.47 Å². The van der Waals surface area contributed by atoms with Crippen LogP contribution in [0.15, 0.2) is 22.7 Å². The average molecular weight is 307 g/mol. The quantitative estimate of drug-likeness (QED) is 0.893. The predicted octanol–water partition coefficient (Wildman–Crippen LogP) is 3.79. The van der Waals surface area contributed by atoms with Crippen LogP contribution in [0.4, 0.5) is 0 Å². The molecule has 1 N–H and O–H groups in total. The van der Waals surface area contributed by atoms with Crippen molar-refractivity contribution in [1.82, 2.24) is 5.32 Å². The lowest BCUT2D eigenvalue weighted by atomic mass is 10.1. The highest BCUT2D eigenvalue weighted by Gasteiger charge is 2.11. The van der Waals surface area contributed by atoms with E-state index in [0.717, 1.165) is 9.50 Å². The maximum Gasteiger partial charge on any atom is 0.0664 e. The number of ether oxygens (including phenoxy) is 1. The van der Waals surface area contributed by atoms with E-state index in [0.29, 0.717) is 6.61 Å². The molecule has 4 heteroatoms. The predicted molar refractivity (Wildman–Crippen MR) is 72.0 cm³/mol. The summed E-state index contributed by atoms with van der Waals surface area (Å²) in [5, 5.41) is 3.96. The number of rotatable bonds is 5. The van der Waals surface area contributed by atoms with Crippen molar-refractivity contribution in [3.63, 3.8) is 0 Å². The van der Waals surface area contributed by atoms with Gasteiger partial charge in [-0.15, -0.1) is 0 Å². The lowest BCUT2D eigenvalue weighted by Gasteiger charge is -2.19. The monoisotopic (exact) mass is 305 g/mol. The van der Waals surface area contributed by atoms with E-state index in [4.69, 9.17) is 16.3 Å². The minimum atomic E-state index is 0.191. The molecule has 0 radical (unpaired) electrons. The summed E-state index contributed by atoms with van der Waals surface area (Å²) in [5.74, 6) is 0. The van der Waals surface area contributed by atoms with Gasteiger partial charge in [0.15, 0.2) is 0 Å². The summed E-state index contributed by atoms with van der Waals surface area (Å²) < 4.78 is 6.52. The zero-order valence-corrected chi connectivity index (χ0v) is 12.1. The van der Waals surface area contributed by atoms with Gasteiger partial charge in [-0.1, -0.05) is 17.7 Å². The smallest absolute Gasteiger partial charge is 0.0664 e. The van der Waals surface area contributed by atoms with Crippen molar-refractivity contribution in [2.24, 2.45) is 0 Å². The second-order valence-corrected chi connectivity index (χ2v) is 5.16. The molecule has 1 atom stereocenters. The van der Waals surface area contributed by atoms with Crippen molar-refractivity contribution in [1.29, 1.82) is 0 Å². The Morgan fingerprint density at radius 1 is 1.44 bits per heavy atom. The van der Waals surface area contributed by atoms with E-state index in [1.54, 1.807) is 0 Å². The van der Waals surface area contributed by atoms with E-state index in [9.17, 15) is 0 Å². The molecule has 0 bridgehead atoms. The second kappa shape index (κ2) is 6.60. The third-order valence-corrected chi connectivity index (χ3v) is 3.50. The molecule has 0 saturated carbocycles. The minimum absolute atomic E-state index is 0.191. The zero-order chi connectivity index (χ0) is 12.1. The molecule has 0 heterocycles. The Hall–Kier alpha value is -0.0900. The van der Waals surface area contributed by atoms with Crippen LogP contribution >= 0.6 is 27.5 Å². The number of hydrogen-bond acceptors (Lipinski definition) is 2. The number of likely N-dealkylation sites (N-methyl/N-ethyl adjacent to an activating group) is 1. The number of benzene rings is 1. The van der Waals surface area contributed by atoms with Gasteiger partial charge in [0.05, 0.1) is 23.8 Å². The lowest BCUT2D eigenvalue weighted by molar-refractivity contribution is 0.0626. The molecule has 0 amide bonds. The molecule has 90 valence electrons. The van der Waals surface area contributed by atoms with Gasteiger partial charge in [-0.05, 0) is 54.5 Å². The molecule has 16 heavy (non-hydrogen) atoms. The molecule has 0 aliphatic rings. The molecule has 2 nitrogen and oxygen atoms in total.